The van der Waals surface area contributed by atoms with Crippen molar-refractivity contribution in [2.75, 3.05) is 11.9 Å². The van der Waals surface area contributed by atoms with Crippen LogP contribution >= 0.6 is 0 Å². The summed E-state index contributed by atoms with van der Waals surface area (Å²) in [4.78, 5) is 52.9. The van der Waals surface area contributed by atoms with Crippen molar-refractivity contribution in [3.63, 3.8) is 0 Å². The number of nitrogens with zero attached hydrogens (tertiary/aromatic N) is 2. The van der Waals surface area contributed by atoms with Gasteiger partial charge in [0.15, 0.2) is 0 Å². The number of carbonyl (C=O) groups excluding carboxylic acids is 2. The van der Waals surface area contributed by atoms with Gasteiger partial charge in [0, 0.05) is 30.9 Å². The average molecular weight is 438 g/mol. The van der Waals surface area contributed by atoms with Crippen LogP contribution in [0.25, 0.3) is 0 Å². The first-order valence-electron chi connectivity index (χ1n) is 9.91. The van der Waals surface area contributed by atoms with Gasteiger partial charge in [-0.3, -0.25) is 23.9 Å². The lowest BCUT2D eigenvalue weighted by atomic mass is 10.0. The van der Waals surface area contributed by atoms with Crippen molar-refractivity contribution in [2.45, 2.75) is 25.9 Å². The Balaban J connectivity index is 1.82. The molecule has 1 atom stereocenters. The summed E-state index contributed by atoms with van der Waals surface area (Å²) in [6.45, 7) is 1.15. The van der Waals surface area contributed by atoms with Crippen molar-refractivity contribution in [2.24, 2.45) is 0 Å². The number of aromatic amines is 1. The first-order valence-corrected chi connectivity index (χ1v) is 9.91. The predicted molar refractivity (Wildman–Crippen MR) is 118 cm³/mol. The number of aromatic nitrogens is 2. The molecule has 2 N–H and O–H groups in total. The fourth-order valence-corrected chi connectivity index (χ4v) is 3.21. The van der Waals surface area contributed by atoms with Crippen LogP contribution in [0.1, 0.15) is 11.1 Å². The van der Waals surface area contributed by atoms with E-state index in [0.717, 1.165) is 10.1 Å². The molecule has 32 heavy (non-hydrogen) atoms. The van der Waals surface area contributed by atoms with Crippen molar-refractivity contribution >= 4 is 17.5 Å². The lowest BCUT2D eigenvalue weighted by Gasteiger charge is -2.25. The van der Waals surface area contributed by atoms with Gasteiger partial charge in [-0.2, -0.15) is 0 Å². The average Bonchev–Trinajstić information content (AvgIpc) is 2.77. The molecule has 0 spiro atoms. The summed E-state index contributed by atoms with van der Waals surface area (Å²) in [6.07, 6.45) is 1.51. The van der Waals surface area contributed by atoms with Crippen molar-refractivity contribution < 1.29 is 14.0 Å². The third kappa shape index (κ3) is 5.57. The van der Waals surface area contributed by atoms with Crippen LogP contribution < -0.4 is 21.5 Å². The summed E-state index contributed by atoms with van der Waals surface area (Å²) in [7, 11) is 1.54. The lowest BCUT2D eigenvalue weighted by molar-refractivity contribution is -0.127. The standard InChI is InChI=1S/C23H23FN4O4/c1-15-13-28(23(32)26-21(15)30)14-20(29)25-19(12-16-6-4-3-5-7-16)22(31)27(2)18-10-8-17(24)9-11-18/h3-11,13,19H,12,14H2,1-2H3,(H,25,29)(H,26,30,32)/t19-/m0/s1. The molecule has 2 amide bonds. The van der Waals surface area contributed by atoms with E-state index >= 15 is 0 Å². The maximum atomic E-state index is 13.3. The van der Waals surface area contributed by atoms with E-state index in [4.69, 9.17) is 0 Å². The Morgan fingerprint density at radius 3 is 2.41 bits per heavy atom. The first-order chi connectivity index (χ1) is 15.2. The van der Waals surface area contributed by atoms with Gasteiger partial charge in [0.25, 0.3) is 5.56 Å². The smallest absolute Gasteiger partial charge is 0.328 e. The van der Waals surface area contributed by atoms with Gasteiger partial charge in [-0.1, -0.05) is 30.3 Å². The Morgan fingerprint density at radius 1 is 1.09 bits per heavy atom. The summed E-state index contributed by atoms with van der Waals surface area (Å²) < 4.78 is 14.3. The largest absolute Gasteiger partial charge is 0.342 e. The SMILES string of the molecule is Cc1cn(CC(=O)N[C@@H](Cc2ccccc2)C(=O)N(C)c2ccc(F)cc2)c(=O)[nH]c1=O. The Labute approximate surface area is 183 Å². The monoisotopic (exact) mass is 438 g/mol. The number of anilines is 1. The number of carbonyl (C=O) groups is 2. The Morgan fingerprint density at radius 2 is 1.75 bits per heavy atom. The second-order valence-electron chi connectivity index (χ2n) is 7.38. The quantitative estimate of drug-likeness (QED) is 0.581. The normalized spacial score (nSPS) is 11.6. The van der Waals surface area contributed by atoms with Gasteiger partial charge in [0.1, 0.15) is 18.4 Å². The highest BCUT2D eigenvalue weighted by Crippen LogP contribution is 2.15. The van der Waals surface area contributed by atoms with E-state index in [0.29, 0.717) is 5.69 Å². The molecule has 1 heterocycles. The van der Waals surface area contributed by atoms with E-state index in [1.165, 1.54) is 49.3 Å². The molecule has 0 bridgehead atoms. The zero-order valence-corrected chi connectivity index (χ0v) is 17.7. The predicted octanol–water partition coefficient (Wildman–Crippen LogP) is 1.37. The molecule has 0 saturated carbocycles. The number of aryl methyl sites for hydroxylation is 1. The summed E-state index contributed by atoms with van der Waals surface area (Å²) in [5.74, 6) is -1.40. The van der Waals surface area contributed by atoms with Crippen LogP contribution in [0.5, 0.6) is 0 Å². The summed E-state index contributed by atoms with van der Waals surface area (Å²) in [6, 6.07) is 13.7. The van der Waals surface area contributed by atoms with Crippen molar-refractivity contribution in [3.05, 3.63) is 98.6 Å². The maximum Gasteiger partial charge on any atom is 0.328 e. The Kier molecular flexibility index (Phi) is 6.99. The maximum absolute atomic E-state index is 13.3. The zero-order chi connectivity index (χ0) is 23.3. The molecule has 3 aromatic rings. The number of rotatable bonds is 7. The van der Waals surface area contributed by atoms with Gasteiger partial charge >= 0.3 is 5.69 Å². The summed E-state index contributed by atoms with van der Waals surface area (Å²) >= 11 is 0. The van der Waals surface area contributed by atoms with E-state index in [-0.39, 0.29) is 18.5 Å². The van der Waals surface area contributed by atoms with Gasteiger partial charge in [-0.15, -0.1) is 0 Å². The van der Waals surface area contributed by atoms with Crippen LogP contribution in [0.15, 0.2) is 70.4 Å². The number of benzene rings is 2. The van der Waals surface area contributed by atoms with E-state index in [1.807, 2.05) is 30.3 Å². The van der Waals surface area contributed by atoms with Crippen molar-refractivity contribution in [3.8, 4) is 0 Å². The second kappa shape index (κ2) is 9.86. The van der Waals surface area contributed by atoms with Crippen LogP contribution in [-0.4, -0.2) is 34.5 Å². The molecule has 0 radical (unpaired) electrons. The molecule has 2 aromatic carbocycles. The molecule has 1 aromatic heterocycles. The van der Waals surface area contributed by atoms with Crippen molar-refractivity contribution in [1.82, 2.24) is 14.9 Å². The Hall–Kier alpha value is -4.01. The van der Waals surface area contributed by atoms with Crippen LogP contribution in [-0.2, 0) is 22.6 Å². The second-order valence-corrected chi connectivity index (χ2v) is 7.38. The van der Waals surface area contributed by atoms with Gasteiger partial charge in [-0.25, -0.2) is 9.18 Å². The lowest BCUT2D eigenvalue weighted by Crippen LogP contribution is -2.50. The van der Waals surface area contributed by atoms with Gasteiger partial charge in [-0.05, 0) is 36.8 Å². The molecule has 0 aliphatic carbocycles. The van der Waals surface area contributed by atoms with E-state index in [1.54, 1.807) is 0 Å². The van der Waals surface area contributed by atoms with Crippen molar-refractivity contribution in [1.29, 1.82) is 0 Å². The van der Waals surface area contributed by atoms with E-state index in [9.17, 15) is 23.6 Å². The van der Waals surface area contributed by atoms with Gasteiger partial charge in [0.05, 0.1) is 0 Å². The van der Waals surface area contributed by atoms with Crippen LogP contribution in [0.4, 0.5) is 10.1 Å². The highest BCUT2D eigenvalue weighted by Gasteiger charge is 2.25. The Bertz CT molecular complexity index is 1220. The summed E-state index contributed by atoms with van der Waals surface area (Å²) in [5.41, 5.74) is 0.340. The van der Waals surface area contributed by atoms with Crippen LogP contribution in [0.2, 0.25) is 0 Å². The highest BCUT2D eigenvalue weighted by molar-refractivity contribution is 5.98. The van der Waals surface area contributed by atoms with E-state index in [2.05, 4.69) is 10.3 Å². The third-order valence-corrected chi connectivity index (χ3v) is 4.96. The molecule has 9 heteroatoms. The molecule has 0 aliphatic heterocycles. The van der Waals surface area contributed by atoms with Gasteiger partial charge in [0.2, 0.25) is 11.8 Å². The number of amides is 2. The molecule has 0 aliphatic rings. The van der Waals surface area contributed by atoms with Crippen LogP contribution in [0, 0.1) is 12.7 Å². The minimum absolute atomic E-state index is 0.219. The fraction of sp³-hybridized carbons (Fsp3) is 0.217. The number of H-pyrrole nitrogens is 1. The minimum atomic E-state index is -0.931. The topological polar surface area (TPSA) is 104 Å². The molecular formula is C23H23FN4O4. The molecule has 0 fully saturated rings. The molecule has 8 nitrogen and oxygen atoms in total. The zero-order valence-electron chi connectivity index (χ0n) is 17.7. The third-order valence-electron chi connectivity index (χ3n) is 4.96. The number of likely N-dealkylation sites (N-methyl/N-ethyl adjacent to an activating group) is 1. The molecule has 3 rings (SSSR count). The van der Waals surface area contributed by atoms with Gasteiger partial charge < -0.3 is 10.2 Å². The minimum Gasteiger partial charge on any atom is -0.342 e. The summed E-state index contributed by atoms with van der Waals surface area (Å²) in [5, 5.41) is 2.68. The molecule has 0 saturated heterocycles. The van der Waals surface area contributed by atoms with E-state index < -0.39 is 34.9 Å². The highest BCUT2D eigenvalue weighted by atomic mass is 19.1. The molecule has 0 unspecified atom stereocenters. The van der Waals surface area contributed by atoms with Crippen LogP contribution in [0.3, 0.4) is 0 Å². The fourth-order valence-electron chi connectivity index (χ4n) is 3.21. The number of hydrogen-bond acceptors (Lipinski definition) is 4. The number of halogens is 1. The number of hydrogen-bond donors (Lipinski definition) is 2. The molecule has 166 valence electrons. The number of nitrogens with one attached hydrogen (secondary N) is 2. The molecular weight excluding hydrogens is 415 g/mol. The first kappa shape index (κ1) is 22.7.